The van der Waals surface area contributed by atoms with Gasteiger partial charge in [-0.3, -0.25) is 0 Å². The zero-order valence-corrected chi connectivity index (χ0v) is 10.9. The van der Waals surface area contributed by atoms with Gasteiger partial charge in [0.25, 0.3) is 0 Å². The second kappa shape index (κ2) is 5.20. The van der Waals surface area contributed by atoms with Crippen LogP contribution in [-0.4, -0.2) is 28.2 Å². The van der Waals surface area contributed by atoms with E-state index in [4.69, 9.17) is 0 Å². The quantitative estimate of drug-likeness (QED) is 0.773. The molecule has 0 amide bonds. The molecule has 0 aliphatic carbocycles. The summed E-state index contributed by atoms with van der Waals surface area (Å²) in [6, 6.07) is 14.2. The highest BCUT2D eigenvalue weighted by Gasteiger charge is 2.04. The Morgan fingerprint density at radius 1 is 1.11 bits per heavy atom. The summed E-state index contributed by atoms with van der Waals surface area (Å²) >= 11 is 0. The van der Waals surface area contributed by atoms with E-state index in [0.717, 1.165) is 35.6 Å². The molecule has 96 valence electrons. The Balaban J connectivity index is 1.97. The monoisotopic (exact) mass is 252 g/mol. The third kappa shape index (κ3) is 2.48. The van der Waals surface area contributed by atoms with Gasteiger partial charge in [-0.1, -0.05) is 30.3 Å². The Morgan fingerprint density at radius 3 is 2.74 bits per heavy atom. The molecule has 3 rings (SSSR count). The molecule has 0 bridgehead atoms. The van der Waals surface area contributed by atoms with Gasteiger partial charge in [-0.25, -0.2) is 9.50 Å². The highest BCUT2D eigenvalue weighted by atomic mass is 15.2. The predicted octanol–water partition coefficient (Wildman–Crippen LogP) is 2.16. The molecule has 0 aliphatic heterocycles. The van der Waals surface area contributed by atoms with Crippen LogP contribution < -0.4 is 5.32 Å². The second-order valence-corrected chi connectivity index (χ2v) is 4.47. The lowest BCUT2D eigenvalue weighted by Crippen LogP contribution is -2.10. The molecule has 0 fully saturated rings. The van der Waals surface area contributed by atoms with Crippen LogP contribution in [0.15, 0.2) is 48.7 Å². The average molecular weight is 252 g/mol. The summed E-state index contributed by atoms with van der Waals surface area (Å²) in [7, 11) is 1.95. The van der Waals surface area contributed by atoms with Gasteiger partial charge in [-0.15, -0.1) is 0 Å². The molecule has 1 N–H and O–H groups in total. The minimum Gasteiger partial charge on any atom is -0.319 e. The number of rotatable bonds is 4. The van der Waals surface area contributed by atoms with Crippen molar-refractivity contribution in [1.82, 2.24) is 19.9 Å². The SMILES string of the molecule is CNCCc1cn2nc(-c3ccccc3)ccc2n1. The number of benzene rings is 1. The third-order valence-corrected chi connectivity index (χ3v) is 3.07. The molecule has 0 saturated heterocycles. The first-order valence-electron chi connectivity index (χ1n) is 6.42. The standard InChI is InChI=1S/C15H16N4/c1-16-10-9-13-11-19-15(17-13)8-7-14(18-19)12-5-3-2-4-6-12/h2-8,11,16H,9-10H2,1H3. The van der Waals surface area contributed by atoms with E-state index in [9.17, 15) is 0 Å². The fraction of sp³-hybridized carbons (Fsp3) is 0.200. The van der Waals surface area contributed by atoms with Crippen molar-refractivity contribution in [3.8, 4) is 11.3 Å². The summed E-state index contributed by atoms with van der Waals surface area (Å²) < 4.78 is 1.85. The van der Waals surface area contributed by atoms with Gasteiger partial charge in [-0.05, 0) is 19.2 Å². The average Bonchev–Trinajstić information content (AvgIpc) is 2.87. The van der Waals surface area contributed by atoms with Gasteiger partial charge >= 0.3 is 0 Å². The first-order chi connectivity index (χ1) is 9.36. The van der Waals surface area contributed by atoms with Crippen molar-refractivity contribution in [2.45, 2.75) is 6.42 Å². The van der Waals surface area contributed by atoms with Crippen LogP contribution in [-0.2, 0) is 6.42 Å². The minimum atomic E-state index is 0.894. The van der Waals surface area contributed by atoms with Crippen LogP contribution >= 0.6 is 0 Å². The molecule has 3 aromatic rings. The van der Waals surface area contributed by atoms with E-state index in [1.165, 1.54) is 0 Å². The van der Waals surface area contributed by atoms with Crippen LogP contribution in [0.1, 0.15) is 5.69 Å². The summed E-state index contributed by atoms with van der Waals surface area (Å²) in [6.07, 6.45) is 2.92. The normalized spacial score (nSPS) is 11.0. The van der Waals surface area contributed by atoms with E-state index in [0.29, 0.717) is 0 Å². The summed E-state index contributed by atoms with van der Waals surface area (Å²) in [5, 5.41) is 7.74. The number of nitrogens with one attached hydrogen (secondary N) is 1. The van der Waals surface area contributed by atoms with Gasteiger partial charge in [-0.2, -0.15) is 5.10 Å². The lowest BCUT2D eigenvalue weighted by atomic mass is 10.1. The number of likely N-dealkylation sites (N-methyl/N-ethyl adjacent to an activating group) is 1. The molecular formula is C15H16N4. The van der Waals surface area contributed by atoms with Crippen molar-refractivity contribution in [3.05, 3.63) is 54.4 Å². The van der Waals surface area contributed by atoms with Gasteiger partial charge in [0.05, 0.1) is 17.6 Å². The van der Waals surface area contributed by atoms with Crippen molar-refractivity contribution < 1.29 is 0 Å². The van der Waals surface area contributed by atoms with Gasteiger partial charge in [0.2, 0.25) is 0 Å². The van der Waals surface area contributed by atoms with E-state index in [2.05, 4.69) is 27.5 Å². The fourth-order valence-electron chi connectivity index (χ4n) is 2.07. The molecule has 1 aromatic carbocycles. The molecule has 0 aliphatic rings. The zero-order chi connectivity index (χ0) is 13.1. The molecule has 4 nitrogen and oxygen atoms in total. The number of fused-ring (bicyclic) bond motifs is 1. The lowest BCUT2D eigenvalue weighted by Gasteiger charge is -2.00. The first kappa shape index (κ1) is 11.9. The summed E-state index contributed by atoms with van der Waals surface area (Å²) in [6.45, 7) is 0.926. The van der Waals surface area contributed by atoms with E-state index >= 15 is 0 Å². The first-order valence-corrected chi connectivity index (χ1v) is 6.42. The van der Waals surface area contributed by atoms with Gasteiger partial charge in [0.1, 0.15) is 0 Å². The van der Waals surface area contributed by atoms with Gasteiger partial charge in [0, 0.05) is 18.5 Å². The summed E-state index contributed by atoms with van der Waals surface area (Å²) in [5.41, 5.74) is 4.04. The van der Waals surface area contributed by atoms with E-state index in [1.807, 2.05) is 48.1 Å². The van der Waals surface area contributed by atoms with E-state index < -0.39 is 0 Å². The van der Waals surface area contributed by atoms with Crippen LogP contribution in [0.25, 0.3) is 16.9 Å². The Morgan fingerprint density at radius 2 is 1.95 bits per heavy atom. The largest absolute Gasteiger partial charge is 0.319 e. The van der Waals surface area contributed by atoms with Gasteiger partial charge in [0.15, 0.2) is 5.65 Å². The molecular weight excluding hydrogens is 236 g/mol. The van der Waals surface area contributed by atoms with Crippen molar-refractivity contribution in [1.29, 1.82) is 0 Å². The predicted molar refractivity (Wildman–Crippen MR) is 76.1 cm³/mol. The van der Waals surface area contributed by atoms with Crippen LogP contribution in [0.5, 0.6) is 0 Å². The van der Waals surface area contributed by atoms with Crippen LogP contribution in [0.2, 0.25) is 0 Å². The molecule has 19 heavy (non-hydrogen) atoms. The van der Waals surface area contributed by atoms with Crippen LogP contribution in [0.3, 0.4) is 0 Å². The van der Waals surface area contributed by atoms with Crippen LogP contribution in [0, 0.1) is 0 Å². The Hall–Kier alpha value is -2.20. The maximum atomic E-state index is 4.61. The highest BCUT2D eigenvalue weighted by molar-refractivity contribution is 5.60. The maximum Gasteiger partial charge on any atom is 0.153 e. The Bertz CT molecular complexity index is 673. The highest BCUT2D eigenvalue weighted by Crippen LogP contribution is 2.16. The lowest BCUT2D eigenvalue weighted by molar-refractivity contribution is 0.779. The second-order valence-electron chi connectivity index (χ2n) is 4.47. The van der Waals surface area contributed by atoms with Crippen molar-refractivity contribution in [2.75, 3.05) is 13.6 Å². The van der Waals surface area contributed by atoms with E-state index in [1.54, 1.807) is 0 Å². The van der Waals surface area contributed by atoms with E-state index in [-0.39, 0.29) is 0 Å². The third-order valence-electron chi connectivity index (χ3n) is 3.07. The summed E-state index contributed by atoms with van der Waals surface area (Å²) in [5.74, 6) is 0. The fourth-order valence-corrected chi connectivity index (χ4v) is 2.07. The zero-order valence-electron chi connectivity index (χ0n) is 10.9. The number of hydrogen-bond acceptors (Lipinski definition) is 3. The van der Waals surface area contributed by atoms with Gasteiger partial charge < -0.3 is 5.32 Å². The Labute approximate surface area is 112 Å². The molecule has 0 spiro atoms. The number of hydrogen-bond donors (Lipinski definition) is 1. The minimum absolute atomic E-state index is 0.894. The smallest absolute Gasteiger partial charge is 0.153 e. The Kier molecular flexibility index (Phi) is 3.25. The molecule has 0 radical (unpaired) electrons. The van der Waals surface area contributed by atoms with Crippen molar-refractivity contribution in [3.63, 3.8) is 0 Å². The molecule has 2 aromatic heterocycles. The summed E-state index contributed by atoms with van der Waals surface area (Å²) in [4.78, 5) is 4.55. The molecule has 4 heteroatoms. The number of nitrogens with zero attached hydrogens (tertiary/aromatic N) is 3. The topological polar surface area (TPSA) is 42.2 Å². The van der Waals surface area contributed by atoms with Crippen molar-refractivity contribution in [2.24, 2.45) is 0 Å². The van der Waals surface area contributed by atoms with Crippen LogP contribution in [0.4, 0.5) is 0 Å². The molecule has 0 saturated carbocycles. The number of imidazole rings is 1. The molecule has 2 heterocycles. The van der Waals surface area contributed by atoms with Crippen molar-refractivity contribution >= 4 is 5.65 Å². The molecule has 0 unspecified atom stereocenters. The molecule has 0 atom stereocenters. The maximum absolute atomic E-state index is 4.61. The number of aromatic nitrogens is 3.